The highest BCUT2D eigenvalue weighted by molar-refractivity contribution is 5.92. The third-order valence-electron chi connectivity index (χ3n) is 4.65. The largest absolute Gasteiger partial charge is 0.325 e. The van der Waals surface area contributed by atoms with Gasteiger partial charge in [-0.25, -0.2) is 4.98 Å². The molecule has 2 aromatic carbocycles. The van der Waals surface area contributed by atoms with E-state index in [1.54, 1.807) is 6.07 Å². The molecule has 0 aliphatic heterocycles. The first-order chi connectivity index (χ1) is 14.2. The van der Waals surface area contributed by atoms with Crippen molar-refractivity contribution in [1.82, 2.24) is 4.98 Å². The van der Waals surface area contributed by atoms with Crippen LogP contribution in [-0.2, 0) is 4.79 Å². The van der Waals surface area contributed by atoms with Crippen molar-refractivity contribution in [2.75, 3.05) is 5.32 Å². The molecule has 4 heteroatoms. The molecule has 0 spiro atoms. The molecule has 0 saturated heterocycles. The van der Waals surface area contributed by atoms with Crippen LogP contribution >= 0.6 is 0 Å². The molecule has 3 aromatic rings. The number of benzene rings is 2. The average molecular weight is 384 g/mol. The number of hydrogen-bond donors (Lipinski definition) is 1. The summed E-state index contributed by atoms with van der Waals surface area (Å²) in [6.45, 7) is 2.15. The van der Waals surface area contributed by atoms with Gasteiger partial charge in [0.1, 0.15) is 5.69 Å². The zero-order chi connectivity index (χ0) is 20.5. The zero-order valence-electron chi connectivity index (χ0n) is 16.6. The predicted octanol–water partition coefficient (Wildman–Crippen LogP) is 5.36. The van der Waals surface area contributed by atoms with E-state index < -0.39 is 0 Å². The van der Waals surface area contributed by atoms with Crippen LogP contribution < -0.4 is 5.32 Å². The molecule has 146 valence electrons. The number of carbonyl (C=O) groups is 2. The second-order valence-corrected chi connectivity index (χ2v) is 6.89. The van der Waals surface area contributed by atoms with Crippen LogP contribution in [0.3, 0.4) is 0 Å². The fraction of sp³-hybridized carbons (Fsp3) is 0.240. The fourth-order valence-electron chi connectivity index (χ4n) is 3.09. The first kappa shape index (κ1) is 20.3. The Morgan fingerprint density at radius 1 is 0.966 bits per heavy atom. The van der Waals surface area contributed by atoms with Gasteiger partial charge in [0.2, 0.25) is 5.91 Å². The van der Waals surface area contributed by atoms with E-state index >= 15 is 0 Å². The van der Waals surface area contributed by atoms with E-state index in [1.807, 2.05) is 48.5 Å². The van der Waals surface area contributed by atoms with Crippen LogP contribution in [0, 0.1) is 11.8 Å². The number of aromatic nitrogens is 1. The highest BCUT2D eigenvalue weighted by Gasteiger charge is 2.06. The summed E-state index contributed by atoms with van der Waals surface area (Å²) in [5.41, 5.74) is 3.27. The van der Waals surface area contributed by atoms with Crippen molar-refractivity contribution in [3.05, 3.63) is 71.4 Å². The SMILES string of the molecule is CCCCCCC(=O)Nc1ccccc1C#Cc1cccc2ccc(C=O)nc12. The van der Waals surface area contributed by atoms with Gasteiger partial charge in [0, 0.05) is 17.4 Å². The number of nitrogens with zero attached hydrogens (tertiary/aromatic N) is 1. The van der Waals surface area contributed by atoms with Crippen LogP contribution in [0.25, 0.3) is 10.9 Å². The third-order valence-corrected chi connectivity index (χ3v) is 4.65. The molecule has 0 bridgehead atoms. The maximum Gasteiger partial charge on any atom is 0.224 e. The van der Waals surface area contributed by atoms with Crippen LogP contribution in [0.1, 0.15) is 60.6 Å². The number of anilines is 1. The highest BCUT2D eigenvalue weighted by Crippen LogP contribution is 2.18. The van der Waals surface area contributed by atoms with Crippen LogP contribution in [0.15, 0.2) is 54.6 Å². The van der Waals surface area contributed by atoms with Gasteiger partial charge in [0.25, 0.3) is 0 Å². The number of nitrogens with one attached hydrogen (secondary N) is 1. The van der Waals surface area contributed by atoms with Crippen molar-refractivity contribution in [1.29, 1.82) is 0 Å². The molecular weight excluding hydrogens is 360 g/mol. The number of rotatable bonds is 7. The molecule has 0 radical (unpaired) electrons. The van der Waals surface area contributed by atoms with Gasteiger partial charge in [-0.15, -0.1) is 0 Å². The van der Waals surface area contributed by atoms with E-state index in [-0.39, 0.29) is 5.91 Å². The molecule has 1 N–H and O–H groups in total. The maximum absolute atomic E-state index is 12.2. The first-order valence-corrected chi connectivity index (χ1v) is 9.97. The molecule has 1 heterocycles. The van der Waals surface area contributed by atoms with Gasteiger partial charge in [-0.05, 0) is 30.7 Å². The van der Waals surface area contributed by atoms with Gasteiger partial charge < -0.3 is 5.32 Å². The Morgan fingerprint density at radius 3 is 2.59 bits per heavy atom. The molecule has 0 unspecified atom stereocenters. The smallest absolute Gasteiger partial charge is 0.224 e. The first-order valence-electron chi connectivity index (χ1n) is 9.97. The molecular formula is C25H24N2O2. The topological polar surface area (TPSA) is 59.1 Å². The normalized spacial score (nSPS) is 10.2. The van der Waals surface area contributed by atoms with Gasteiger partial charge >= 0.3 is 0 Å². The Hall–Kier alpha value is -3.45. The highest BCUT2D eigenvalue weighted by atomic mass is 16.1. The Morgan fingerprint density at radius 2 is 1.76 bits per heavy atom. The average Bonchev–Trinajstić information content (AvgIpc) is 2.75. The quantitative estimate of drug-likeness (QED) is 0.339. The zero-order valence-corrected chi connectivity index (χ0v) is 16.6. The van der Waals surface area contributed by atoms with E-state index in [1.165, 1.54) is 0 Å². The molecule has 0 fully saturated rings. The molecule has 4 nitrogen and oxygen atoms in total. The molecule has 0 aliphatic carbocycles. The lowest BCUT2D eigenvalue weighted by atomic mass is 10.1. The second kappa shape index (κ2) is 10.2. The molecule has 3 rings (SSSR count). The Labute approximate surface area is 171 Å². The summed E-state index contributed by atoms with van der Waals surface area (Å²) in [6.07, 6.45) is 5.52. The standard InChI is InChI=1S/C25H24N2O2/c1-2-3-4-5-13-24(29)27-23-12-7-6-9-19(23)14-15-20-10-8-11-21-16-17-22(18-28)26-25(20)21/h6-12,16-18H,2-5,13H2,1H3,(H,27,29). The lowest BCUT2D eigenvalue weighted by Gasteiger charge is -2.07. The van der Waals surface area contributed by atoms with E-state index in [2.05, 4.69) is 29.1 Å². The summed E-state index contributed by atoms with van der Waals surface area (Å²) in [6, 6.07) is 16.8. The summed E-state index contributed by atoms with van der Waals surface area (Å²) in [5.74, 6) is 6.31. The number of amides is 1. The number of para-hydroxylation sites is 2. The fourth-order valence-corrected chi connectivity index (χ4v) is 3.09. The minimum atomic E-state index is 0.0119. The Bertz CT molecular complexity index is 1080. The summed E-state index contributed by atoms with van der Waals surface area (Å²) in [5, 5.41) is 3.90. The number of fused-ring (bicyclic) bond motifs is 1. The summed E-state index contributed by atoms with van der Waals surface area (Å²) in [7, 11) is 0. The summed E-state index contributed by atoms with van der Waals surface area (Å²) in [4.78, 5) is 27.7. The predicted molar refractivity (Wildman–Crippen MR) is 117 cm³/mol. The minimum absolute atomic E-state index is 0.0119. The minimum Gasteiger partial charge on any atom is -0.325 e. The van der Waals surface area contributed by atoms with Crippen molar-refractivity contribution in [2.24, 2.45) is 0 Å². The van der Waals surface area contributed by atoms with Crippen LogP contribution in [0.4, 0.5) is 5.69 Å². The summed E-state index contributed by atoms with van der Waals surface area (Å²) < 4.78 is 0. The van der Waals surface area contributed by atoms with Gasteiger partial charge in [-0.1, -0.05) is 68.4 Å². The van der Waals surface area contributed by atoms with E-state index in [0.29, 0.717) is 23.3 Å². The number of hydrogen-bond acceptors (Lipinski definition) is 3. The Kier molecular flexibility index (Phi) is 7.13. The van der Waals surface area contributed by atoms with Crippen molar-refractivity contribution >= 4 is 28.8 Å². The molecule has 0 atom stereocenters. The summed E-state index contributed by atoms with van der Waals surface area (Å²) >= 11 is 0. The molecule has 0 aliphatic rings. The molecule has 1 amide bonds. The van der Waals surface area contributed by atoms with Gasteiger partial charge in [0.15, 0.2) is 6.29 Å². The van der Waals surface area contributed by atoms with Gasteiger partial charge in [-0.2, -0.15) is 0 Å². The molecule has 1 aromatic heterocycles. The molecule has 29 heavy (non-hydrogen) atoms. The number of carbonyl (C=O) groups excluding carboxylic acids is 2. The van der Waals surface area contributed by atoms with Crippen molar-refractivity contribution in [3.8, 4) is 11.8 Å². The van der Waals surface area contributed by atoms with Gasteiger partial charge in [-0.3, -0.25) is 9.59 Å². The monoisotopic (exact) mass is 384 g/mol. The van der Waals surface area contributed by atoms with Crippen molar-refractivity contribution in [3.63, 3.8) is 0 Å². The van der Waals surface area contributed by atoms with E-state index in [4.69, 9.17) is 0 Å². The number of unbranched alkanes of at least 4 members (excludes halogenated alkanes) is 3. The Balaban J connectivity index is 1.82. The number of pyridine rings is 1. The number of aldehydes is 1. The van der Waals surface area contributed by atoms with Crippen molar-refractivity contribution in [2.45, 2.75) is 39.0 Å². The van der Waals surface area contributed by atoms with Crippen LogP contribution in [0.5, 0.6) is 0 Å². The lowest BCUT2D eigenvalue weighted by molar-refractivity contribution is -0.116. The van der Waals surface area contributed by atoms with Gasteiger partial charge in [0.05, 0.1) is 16.8 Å². The van der Waals surface area contributed by atoms with E-state index in [9.17, 15) is 9.59 Å². The van der Waals surface area contributed by atoms with E-state index in [0.717, 1.165) is 48.5 Å². The third kappa shape index (κ3) is 5.52. The van der Waals surface area contributed by atoms with Crippen LogP contribution in [0.2, 0.25) is 0 Å². The second-order valence-electron chi connectivity index (χ2n) is 6.89. The molecule has 0 saturated carbocycles. The van der Waals surface area contributed by atoms with Crippen LogP contribution in [-0.4, -0.2) is 17.2 Å². The lowest BCUT2D eigenvalue weighted by Crippen LogP contribution is -2.12. The van der Waals surface area contributed by atoms with Crippen molar-refractivity contribution < 1.29 is 9.59 Å². The maximum atomic E-state index is 12.2.